The van der Waals surface area contributed by atoms with Crippen LogP contribution in [0.5, 0.6) is 0 Å². The van der Waals surface area contributed by atoms with Gasteiger partial charge in [0.25, 0.3) is 0 Å². The average molecular weight is 161 g/mol. The summed E-state index contributed by atoms with van der Waals surface area (Å²) >= 11 is 0. The summed E-state index contributed by atoms with van der Waals surface area (Å²) in [7, 11) is 0. The van der Waals surface area contributed by atoms with Gasteiger partial charge in [0.05, 0.1) is 17.7 Å². The second-order valence-corrected chi connectivity index (χ2v) is 2.63. The van der Waals surface area contributed by atoms with Gasteiger partial charge in [-0.3, -0.25) is 0 Å². The Balaban J connectivity index is 2.78. The highest BCUT2D eigenvalue weighted by Crippen LogP contribution is 2.10. The topological polar surface area (TPSA) is 52.5 Å². The smallest absolute Gasteiger partial charge is 0.110 e. The first-order valence-electron chi connectivity index (χ1n) is 3.82. The molecule has 0 bridgehead atoms. The van der Waals surface area contributed by atoms with Gasteiger partial charge in [0.15, 0.2) is 0 Å². The van der Waals surface area contributed by atoms with Crippen molar-refractivity contribution < 1.29 is 0 Å². The lowest BCUT2D eigenvalue weighted by atomic mass is 10.1. The third kappa shape index (κ3) is 1.73. The van der Waals surface area contributed by atoms with Crippen LogP contribution in [0.2, 0.25) is 0 Å². The molecule has 0 aromatic carbocycles. The van der Waals surface area contributed by atoms with Crippen LogP contribution in [0.3, 0.4) is 0 Å². The fourth-order valence-corrected chi connectivity index (χ4v) is 0.909. The molecule has 1 heterocycles. The van der Waals surface area contributed by atoms with Crippen molar-refractivity contribution in [1.82, 2.24) is 9.97 Å². The molecule has 3 nitrogen and oxygen atoms in total. The van der Waals surface area contributed by atoms with E-state index in [0.717, 1.165) is 17.9 Å². The second-order valence-electron chi connectivity index (χ2n) is 2.63. The van der Waals surface area contributed by atoms with Gasteiger partial charge in [0, 0.05) is 12.6 Å². The zero-order valence-electron chi connectivity index (χ0n) is 7.04. The lowest BCUT2D eigenvalue weighted by Crippen LogP contribution is -1.90. The Morgan fingerprint density at radius 2 is 2.67 bits per heavy atom. The van der Waals surface area contributed by atoms with Crippen molar-refractivity contribution in [3.05, 3.63) is 30.4 Å². The monoisotopic (exact) mass is 161 g/mol. The first-order valence-corrected chi connectivity index (χ1v) is 3.82. The molecule has 0 aliphatic heterocycles. The van der Waals surface area contributed by atoms with E-state index in [4.69, 9.17) is 5.26 Å². The summed E-state index contributed by atoms with van der Waals surface area (Å²) in [6.45, 7) is 5.44. The van der Waals surface area contributed by atoms with E-state index in [1.807, 2.05) is 6.92 Å². The van der Waals surface area contributed by atoms with Crippen LogP contribution in [0.25, 0.3) is 0 Å². The lowest BCUT2D eigenvalue weighted by molar-refractivity contribution is 0.920. The third-order valence-corrected chi connectivity index (χ3v) is 1.65. The molecule has 12 heavy (non-hydrogen) atoms. The number of imidazole rings is 1. The quantitative estimate of drug-likeness (QED) is 0.687. The summed E-state index contributed by atoms with van der Waals surface area (Å²) in [6.07, 6.45) is 4.20. The van der Waals surface area contributed by atoms with Gasteiger partial charge in [-0.25, -0.2) is 4.98 Å². The van der Waals surface area contributed by atoms with Gasteiger partial charge in [0.1, 0.15) is 5.82 Å². The molecule has 0 spiro atoms. The number of nitrogens with zero attached hydrogens (tertiary/aromatic N) is 2. The normalized spacial score (nSPS) is 12.0. The third-order valence-electron chi connectivity index (χ3n) is 1.65. The number of rotatable bonds is 3. The van der Waals surface area contributed by atoms with Crippen molar-refractivity contribution in [2.24, 2.45) is 0 Å². The maximum absolute atomic E-state index is 8.61. The van der Waals surface area contributed by atoms with Crippen LogP contribution in [-0.2, 0) is 6.42 Å². The van der Waals surface area contributed by atoms with Gasteiger partial charge in [0.2, 0.25) is 0 Å². The zero-order valence-corrected chi connectivity index (χ0v) is 7.04. The Kier molecular flexibility index (Phi) is 2.65. The molecule has 1 aromatic heterocycles. The Bertz CT molecular complexity index is 306. The van der Waals surface area contributed by atoms with Crippen LogP contribution >= 0.6 is 0 Å². The highest BCUT2D eigenvalue weighted by Gasteiger charge is 2.06. The number of hydrogen-bond acceptors (Lipinski definition) is 2. The lowest BCUT2D eigenvalue weighted by Gasteiger charge is -1.94. The first kappa shape index (κ1) is 8.54. The summed E-state index contributed by atoms with van der Waals surface area (Å²) in [5.41, 5.74) is 0.870. The molecule has 1 unspecified atom stereocenters. The largest absolute Gasteiger partial charge is 0.345 e. The van der Waals surface area contributed by atoms with E-state index in [0.29, 0.717) is 0 Å². The minimum atomic E-state index is -0.115. The SMILES string of the molecule is C=CCc1ncc(C(C)C#N)[nH]1. The van der Waals surface area contributed by atoms with E-state index in [2.05, 4.69) is 22.6 Å². The summed E-state index contributed by atoms with van der Waals surface area (Å²) in [6, 6.07) is 2.14. The van der Waals surface area contributed by atoms with Crippen molar-refractivity contribution in [3.8, 4) is 6.07 Å². The molecule has 3 heteroatoms. The van der Waals surface area contributed by atoms with Crippen LogP contribution in [0, 0.1) is 11.3 Å². The van der Waals surface area contributed by atoms with E-state index in [-0.39, 0.29) is 5.92 Å². The molecule has 0 aliphatic rings. The molecule has 0 amide bonds. The van der Waals surface area contributed by atoms with Crippen molar-refractivity contribution in [3.63, 3.8) is 0 Å². The molecule has 0 radical (unpaired) electrons. The Morgan fingerprint density at radius 3 is 3.25 bits per heavy atom. The number of nitriles is 1. The molecular weight excluding hydrogens is 150 g/mol. The highest BCUT2D eigenvalue weighted by atomic mass is 14.9. The summed E-state index contributed by atoms with van der Waals surface area (Å²) in [5.74, 6) is 0.748. The number of allylic oxidation sites excluding steroid dienone is 1. The minimum Gasteiger partial charge on any atom is -0.345 e. The highest BCUT2D eigenvalue weighted by molar-refractivity contribution is 5.14. The van der Waals surface area contributed by atoms with Gasteiger partial charge in [-0.15, -0.1) is 6.58 Å². The van der Waals surface area contributed by atoms with Crippen molar-refractivity contribution in [1.29, 1.82) is 5.26 Å². The van der Waals surface area contributed by atoms with E-state index in [1.165, 1.54) is 0 Å². The molecular formula is C9H11N3. The van der Waals surface area contributed by atoms with Crippen LogP contribution in [0.4, 0.5) is 0 Å². The Morgan fingerprint density at radius 1 is 1.92 bits per heavy atom. The van der Waals surface area contributed by atoms with Crippen LogP contribution < -0.4 is 0 Å². The van der Waals surface area contributed by atoms with E-state index in [9.17, 15) is 0 Å². The average Bonchev–Trinajstić information content (AvgIpc) is 2.52. The molecule has 1 atom stereocenters. The number of nitrogens with one attached hydrogen (secondary N) is 1. The van der Waals surface area contributed by atoms with Crippen molar-refractivity contribution in [2.75, 3.05) is 0 Å². The van der Waals surface area contributed by atoms with Gasteiger partial charge < -0.3 is 4.98 Å². The minimum absolute atomic E-state index is 0.115. The molecule has 0 saturated heterocycles. The molecule has 0 aliphatic carbocycles. The Hall–Kier alpha value is -1.56. The number of H-pyrrole nitrogens is 1. The molecule has 0 fully saturated rings. The Labute approximate surface area is 71.8 Å². The summed E-state index contributed by atoms with van der Waals surface area (Å²) in [4.78, 5) is 7.16. The van der Waals surface area contributed by atoms with Gasteiger partial charge in [-0.2, -0.15) is 5.26 Å². The van der Waals surface area contributed by atoms with Gasteiger partial charge >= 0.3 is 0 Å². The van der Waals surface area contributed by atoms with Crippen LogP contribution in [0.15, 0.2) is 18.9 Å². The molecule has 62 valence electrons. The standard InChI is InChI=1S/C9H11N3/c1-3-4-9-11-6-8(12-9)7(2)5-10/h3,6-7H,1,4H2,2H3,(H,11,12). The predicted octanol–water partition coefficient (Wildman–Crippen LogP) is 1.77. The number of hydrogen-bond donors (Lipinski definition) is 1. The molecule has 1 N–H and O–H groups in total. The van der Waals surface area contributed by atoms with Crippen molar-refractivity contribution in [2.45, 2.75) is 19.3 Å². The van der Waals surface area contributed by atoms with Crippen molar-refractivity contribution >= 4 is 0 Å². The molecule has 1 aromatic rings. The summed E-state index contributed by atoms with van der Waals surface area (Å²) < 4.78 is 0. The second kappa shape index (κ2) is 3.72. The van der Waals surface area contributed by atoms with Crippen LogP contribution in [-0.4, -0.2) is 9.97 Å². The fraction of sp³-hybridized carbons (Fsp3) is 0.333. The fourth-order valence-electron chi connectivity index (χ4n) is 0.909. The van der Waals surface area contributed by atoms with E-state index >= 15 is 0 Å². The number of aromatic nitrogens is 2. The molecule has 1 rings (SSSR count). The van der Waals surface area contributed by atoms with Gasteiger partial charge in [-0.1, -0.05) is 6.08 Å². The zero-order chi connectivity index (χ0) is 8.97. The maximum Gasteiger partial charge on any atom is 0.110 e. The van der Waals surface area contributed by atoms with E-state index < -0.39 is 0 Å². The molecule has 0 saturated carbocycles. The van der Waals surface area contributed by atoms with E-state index in [1.54, 1.807) is 12.3 Å². The summed E-state index contributed by atoms with van der Waals surface area (Å²) in [5, 5.41) is 8.61. The van der Waals surface area contributed by atoms with Gasteiger partial charge in [-0.05, 0) is 6.92 Å². The maximum atomic E-state index is 8.61. The first-order chi connectivity index (χ1) is 5.77. The number of aromatic amines is 1. The predicted molar refractivity (Wildman–Crippen MR) is 46.5 cm³/mol. The van der Waals surface area contributed by atoms with Crippen LogP contribution in [0.1, 0.15) is 24.4 Å².